The zero-order chi connectivity index (χ0) is 8.97. The van der Waals surface area contributed by atoms with Crippen molar-refractivity contribution in [3.8, 4) is 0 Å². The Hall–Kier alpha value is -1.16. The normalized spacial score (nSPS) is 21.8. The summed E-state index contributed by atoms with van der Waals surface area (Å²) in [7, 11) is 0. The van der Waals surface area contributed by atoms with Crippen LogP contribution in [0.2, 0.25) is 0 Å². The van der Waals surface area contributed by atoms with E-state index in [4.69, 9.17) is 0 Å². The third kappa shape index (κ3) is 2.17. The molecule has 1 rings (SSSR count). The first-order valence-electron chi connectivity index (χ1n) is 3.85. The van der Waals surface area contributed by atoms with E-state index in [1.807, 2.05) is 0 Å². The van der Waals surface area contributed by atoms with Gasteiger partial charge in [-0.05, 0) is 19.4 Å². The lowest BCUT2D eigenvalue weighted by Gasteiger charge is -2.06. The molecule has 4 heteroatoms. The van der Waals surface area contributed by atoms with Crippen molar-refractivity contribution in [2.75, 3.05) is 6.54 Å². The van der Waals surface area contributed by atoms with Crippen LogP contribution in [0.1, 0.15) is 12.8 Å². The predicted octanol–water partition coefficient (Wildman–Crippen LogP) is -0.00580. The van der Waals surface area contributed by atoms with E-state index < -0.39 is 11.9 Å². The van der Waals surface area contributed by atoms with E-state index >= 15 is 0 Å². The Morgan fingerprint density at radius 1 is 1.58 bits per heavy atom. The first kappa shape index (κ1) is 8.93. The molecule has 66 valence electrons. The highest BCUT2D eigenvalue weighted by Gasteiger charge is 2.24. The topological polar surface area (TPSA) is 55.4 Å². The first-order chi connectivity index (χ1) is 5.74. The van der Waals surface area contributed by atoms with E-state index in [0.717, 1.165) is 25.5 Å². The zero-order valence-electron chi connectivity index (χ0n) is 6.71. The van der Waals surface area contributed by atoms with Gasteiger partial charge in [-0.25, -0.2) is 9.59 Å². The molecule has 0 unspecified atom stereocenters. The van der Waals surface area contributed by atoms with Gasteiger partial charge in [-0.2, -0.15) is 0 Å². The van der Waals surface area contributed by atoms with Gasteiger partial charge in [0, 0.05) is 6.08 Å². The number of carbonyl (C=O) groups excluding carboxylic acids is 2. The average Bonchev–Trinajstić information content (AvgIpc) is 2.56. The van der Waals surface area contributed by atoms with Crippen LogP contribution in [0.5, 0.6) is 0 Å². The minimum atomic E-state index is -0.686. The number of ether oxygens (including phenoxy) is 1. The number of carbonyl (C=O) groups is 2. The summed E-state index contributed by atoms with van der Waals surface area (Å²) < 4.78 is 4.43. The second-order valence-corrected chi connectivity index (χ2v) is 2.59. The molecule has 1 heterocycles. The SMILES string of the molecule is C=CC(=O)OC(=O)[C@H]1CCCN1. The molecule has 1 aliphatic rings. The lowest BCUT2D eigenvalue weighted by Crippen LogP contribution is -2.33. The van der Waals surface area contributed by atoms with Gasteiger partial charge in [-0.1, -0.05) is 6.58 Å². The van der Waals surface area contributed by atoms with E-state index in [-0.39, 0.29) is 6.04 Å². The largest absolute Gasteiger partial charge is 0.389 e. The van der Waals surface area contributed by atoms with E-state index in [0.29, 0.717) is 0 Å². The van der Waals surface area contributed by atoms with Gasteiger partial charge in [-0.3, -0.25) is 0 Å². The number of esters is 2. The van der Waals surface area contributed by atoms with Crippen molar-refractivity contribution in [1.82, 2.24) is 5.32 Å². The second-order valence-electron chi connectivity index (χ2n) is 2.59. The molecule has 1 N–H and O–H groups in total. The fourth-order valence-electron chi connectivity index (χ4n) is 1.10. The highest BCUT2D eigenvalue weighted by atomic mass is 16.6. The summed E-state index contributed by atoms with van der Waals surface area (Å²) >= 11 is 0. The van der Waals surface area contributed by atoms with Crippen molar-refractivity contribution in [1.29, 1.82) is 0 Å². The van der Waals surface area contributed by atoms with Crippen LogP contribution in [0, 0.1) is 0 Å². The highest BCUT2D eigenvalue weighted by molar-refractivity contribution is 5.93. The van der Waals surface area contributed by atoms with Gasteiger partial charge in [0.05, 0.1) is 0 Å². The van der Waals surface area contributed by atoms with Crippen molar-refractivity contribution >= 4 is 11.9 Å². The van der Waals surface area contributed by atoms with Gasteiger partial charge in [0.2, 0.25) is 0 Å². The fourth-order valence-corrected chi connectivity index (χ4v) is 1.10. The van der Waals surface area contributed by atoms with Crippen molar-refractivity contribution in [3.63, 3.8) is 0 Å². The summed E-state index contributed by atoms with van der Waals surface area (Å²) in [5, 5.41) is 2.92. The molecular weight excluding hydrogens is 158 g/mol. The molecule has 1 atom stereocenters. The lowest BCUT2D eigenvalue weighted by molar-refractivity contribution is -0.157. The number of rotatable bonds is 2. The Labute approximate surface area is 70.6 Å². The van der Waals surface area contributed by atoms with Crippen LogP contribution >= 0.6 is 0 Å². The van der Waals surface area contributed by atoms with Gasteiger partial charge in [0.15, 0.2) is 0 Å². The average molecular weight is 169 g/mol. The third-order valence-electron chi connectivity index (χ3n) is 1.71. The van der Waals surface area contributed by atoms with Crippen molar-refractivity contribution in [3.05, 3.63) is 12.7 Å². The van der Waals surface area contributed by atoms with Crippen LogP contribution in [-0.4, -0.2) is 24.5 Å². The molecule has 0 aromatic rings. The first-order valence-corrected chi connectivity index (χ1v) is 3.85. The maximum Gasteiger partial charge on any atom is 0.337 e. The van der Waals surface area contributed by atoms with Gasteiger partial charge in [-0.15, -0.1) is 0 Å². The minimum absolute atomic E-state index is 0.311. The molecule has 1 saturated heterocycles. The molecule has 0 spiro atoms. The van der Waals surface area contributed by atoms with Crippen LogP contribution < -0.4 is 5.32 Å². The van der Waals surface area contributed by atoms with E-state index in [2.05, 4.69) is 16.6 Å². The van der Waals surface area contributed by atoms with E-state index in [1.54, 1.807) is 0 Å². The number of nitrogens with one attached hydrogen (secondary N) is 1. The van der Waals surface area contributed by atoms with E-state index in [1.165, 1.54) is 0 Å². The van der Waals surface area contributed by atoms with Gasteiger partial charge < -0.3 is 10.1 Å². The van der Waals surface area contributed by atoms with E-state index in [9.17, 15) is 9.59 Å². The molecule has 0 aromatic carbocycles. The van der Waals surface area contributed by atoms with Crippen LogP contribution in [-0.2, 0) is 14.3 Å². The van der Waals surface area contributed by atoms with Gasteiger partial charge in [0.25, 0.3) is 0 Å². The number of hydrogen-bond donors (Lipinski definition) is 1. The highest BCUT2D eigenvalue weighted by Crippen LogP contribution is 2.06. The summed E-state index contributed by atoms with van der Waals surface area (Å²) in [6.45, 7) is 4.00. The molecule has 1 fully saturated rings. The molecular formula is C8H11NO3. The van der Waals surface area contributed by atoms with Crippen LogP contribution in [0.4, 0.5) is 0 Å². The Morgan fingerprint density at radius 3 is 2.83 bits per heavy atom. The maximum atomic E-state index is 11.1. The minimum Gasteiger partial charge on any atom is -0.389 e. The Kier molecular flexibility index (Phi) is 2.99. The summed E-state index contributed by atoms with van der Waals surface area (Å²) in [6.07, 6.45) is 2.66. The monoisotopic (exact) mass is 169 g/mol. The van der Waals surface area contributed by atoms with Crippen LogP contribution in [0.3, 0.4) is 0 Å². The fraction of sp³-hybridized carbons (Fsp3) is 0.500. The van der Waals surface area contributed by atoms with Crippen LogP contribution in [0.25, 0.3) is 0 Å². The van der Waals surface area contributed by atoms with Crippen molar-refractivity contribution in [2.45, 2.75) is 18.9 Å². The predicted molar refractivity (Wildman–Crippen MR) is 42.3 cm³/mol. The molecule has 4 nitrogen and oxygen atoms in total. The second kappa shape index (κ2) is 4.01. The lowest BCUT2D eigenvalue weighted by atomic mass is 10.2. The quantitative estimate of drug-likeness (QED) is 0.359. The summed E-state index contributed by atoms with van der Waals surface area (Å²) in [4.78, 5) is 21.7. The smallest absolute Gasteiger partial charge is 0.337 e. The molecule has 0 bridgehead atoms. The van der Waals surface area contributed by atoms with Gasteiger partial charge >= 0.3 is 11.9 Å². The summed E-state index contributed by atoms with van der Waals surface area (Å²) in [5.41, 5.74) is 0. The summed E-state index contributed by atoms with van der Waals surface area (Å²) in [6, 6.07) is -0.311. The molecule has 0 aromatic heterocycles. The molecule has 1 aliphatic heterocycles. The summed E-state index contributed by atoms with van der Waals surface area (Å²) in [5.74, 6) is -1.19. The van der Waals surface area contributed by atoms with Gasteiger partial charge in [0.1, 0.15) is 6.04 Å². The number of hydrogen-bond acceptors (Lipinski definition) is 4. The molecule has 0 amide bonds. The maximum absolute atomic E-state index is 11.1. The third-order valence-corrected chi connectivity index (χ3v) is 1.71. The molecule has 0 aliphatic carbocycles. The molecule has 12 heavy (non-hydrogen) atoms. The Balaban J connectivity index is 2.36. The molecule has 0 saturated carbocycles. The molecule has 0 radical (unpaired) electrons. The Bertz CT molecular complexity index is 206. The van der Waals surface area contributed by atoms with Crippen molar-refractivity contribution < 1.29 is 14.3 Å². The zero-order valence-corrected chi connectivity index (χ0v) is 6.71. The van der Waals surface area contributed by atoms with Crippen LogP contribution in [0.15, 0.2) is 12.7 Å². The standard InChI is InChI=1S/C8H11NO3/c1-2-7(10)12-8(11)6-4-3-5-9-6/h2,6,9H,1,3-5H2/t6-/m1/s1. The Morgan fingerprint density at radius 2 is 2.33 bits per heavy atom. The van der Waals surface area contributed by atoms with Crippen molar-refractivity contribution in [2.24, 2.45) is 0 Å².